The van der Waals surface area contributed by atoms with Gasteiger partial charge in [0, 0.05) is 10.9 Å². The Balaban J connectivity index is 1.60. The number of rotatable bonds is 3. The minimum Gasteiger partial charge on any atom is -0.277 e. The van der Waals surface area contributed by atoms with Crippen molar-refractivity contribution in [3.05, 3.63) is 138 Å². The molecule has 0 spiro atoms. The van der Waals surface area contributed by atoms with E-state index in [1.54, 1.807) is 0 Å². The van der Waals surface area contributed by atoms with Gasteiger partial charge >= 0.3 is 0 Å². The van der Waals surface area contributed by atoms with Crippen molar-refractivity contribution in [1.82, 2.24) is 14.4 Å². The van der Waals surface area contributed by atoms with Crippen molar-refractivity contribution in [1.29, 1.82) is 0 Å². The van der Waals surface area contributed by atoms with Crippen LogP contribution in [0, 0.1) is 0 Å². The molecular formula is C33H21N3O. The van der Waals surface area contributed by atoms with Crippen molar-refractivity contribution in [3.63, 3.8) is 0 Å². The monoisotopic (exact) mass is 475 g/mol. The third-order valence-corrected chi connectivity index (χ3v) is 6.81. The van der Waals surface area contributed by atoms with Crippen LogP contribution in [0.15, 0.2) is 132 Å². The normalized spacial score (nSPS) is 11.4. The van der Waals surface area contributed by atoms with Crippen molar-refractivity contribution in [2.75, 3.05) is 0 Å². The first-order valence-corrected chi connectivity index (χ1v) is 12.2. The Hall–Kier alpha value is -5.09. The first kappa shape index (κ1) is 21.2. The molecule has 0 N–H and O–H groups in total. The van der Waals surface area contributed by atoms with Gasteiger partial charge in [-0.05, 0) is 46.5 Å². The fourth-order valence-corrected chi connectivity index (χ4v) is 5.00. The van der Waals surface area contributed by atoms with Crippen LogP contribution in [0.3, 0.4) is 0 Å². The fraction of sp³-hybridized carbons (Fsp3) is 0. The lowest BCUT2D eigenvalue weighted by molar-refractivity contribution is 1.10. The molecule has 5 aromatic carbocycles. The molecule has 0 saturated heterocycles. The van der Waals surface area contributed by atoms with Gasteiger partial charge in [-0.25, -0.2) is 4.98 Å². The highest BCUT2D eigenvalue weighted by Crippen LogP contribution is 2.31. The predicted molar refractivity (Wildman–Crippen MR) is 151 cm³/mol. The Morgan fingerprint density at radius 1 is 0.486 bits per heavy atom. The predicted octanol–water partition coefficient (Wildman–Crippen LogP) is 7.40. The molecule has 0 atom stereocenters. The maximum absolute atomic E-state index is 13.5. The lowest BCUT2D eigenvalue weighted by atomic mass is 10.0. The molecule has 0 saturated carbocycles. The van der Waals surface area contributed by atoms with Gasteiger partial charge in [-0.3, -0.25) is 9.20 Å². The Labute approximate surface area is 213 Å². The van der Waals surface area contributed by atoms with E-state index in [1.807, 2.05) is 101 Å². The summed E-state index contributed by atoms with van der Waals surface area (Å²) in [5, 5.41) is 1.41. The topological polar surface area (TPSA) is 47.3 Å². The second kappa shape index (κ2) is 8.54. The zero-order valence-corrected chi connectivity index (χ0v) is 19.9. The summed E-state index contributed by atoms with van der Waals surface area (Å²) in [5.74, 6) is 0.750. The Morgan fingerprint density at radius 3 is 1.65 bits per heavy atom. The number of fused-ring (bicyclic) bond motifs is 5. The molecule has 0 fully saturated rings. The quantitative estimate of drug-likeness (QED) is 0.250. The number of nitrogens with zero attached hydrogens (tertiary/aromatic N) is 3. The average Bonchev–Trinajstić information content (AvgIpc) is 2.98. The standard InChI is InChI=1S/C33H21N3O/c37-33-28-21-26(23-12-6-2-7-13-23)17-19-30(28)36-31(24-14-8-3-9-15-24)34-29-18-16-25(20-27(29)32(36)35-33)22-10-4-1-5-11-22/h1-21H. The number of hydrogen-bond acceptors (Lipinski definition) is 3. The molecule has 0 aliphatic heterocycles. The summed E-state index contributed by atoms with van der Waals surface area (Å²) >= 11 is 0. The van der Waals surface area contributed by atoms with Crippen LogP contribution in [0.5, 0.6) is 0 Å². The molecule has 7 aromatic rings. The Morgan fingerprint density at radius 2 is 1.03 bits per heavy atom. The summed E-state index contributed by atoms with van der Waals surface area (Å²) in [6.45, 7) is 0. The van der Waals surface area contributed by atoms with Crippen molar-refractivity contribution >= 4 is 27.5 Å². The van der Waals surface area contributed by atoms with Gasteiger partial charge in [0.15, 0.2) is 5.65 Å². The molecule has 0 radical (unpaired) electrons. The van der Waals surface area contributed by atoms with Gasteiger partial charge < -0.3 is 0 Å². The second-order valence-corrected chi connectivity index (χ2v) is 9.07. The highest BCUT2D eigenvalue weighted by molar-refractivity contribution is 5.99. The molecule has 4 nitrogen and oxygen atoms in total. The van der Waals surface area contributed by atoms with Gasteiger partial charge in [0.25, 0.3) is 5.56 Å². The summed E-state index contributed by atoms with van der Waals surface area (Å²) in [6, 6.07) is 42.5. The third kappa shape index (κ3) is 3.58. The lowest BCUT2D eigenvalue weighted by Gasteiger charge is -2.15. The SMILES string of the molecule is O=c1nc2c3cc(-c4ccccc4)ccc3nc(-c3ccccc3)n2c2ccc(-c3ccccc3)cc12. The van der Waals surface area contributed by atoms with E-state index < -0.39 is 0 Å². The van der Waals surface area contributed by atoms with Crippen molar-refractivity contribution in [2.24, 2.45) is 0 Å². The summed E-state index contributed by atoms with van der Waals surface area (Å²) in [7, 11) is 0. The van der Waals surface area contributed by atoms with Gasteiger partial charge in [0.2, 0.25) is 0 Å². The van der Waals surface area contributed by atoms with Crippen LogP contribution in [-0.4, -0.2) is 14.4 Å². The minimum atomic E-state index is -0.246. The summed E-state index contributed by atoms with van der Waals surface area (Å²) < 4.78 is 2.03. The number of benzene rings is 5. The molecule has 0 aliphatic carbocycles. The van der Waals surface area contributed by atoms with Gasteiger partial charge in [0.05, 0.1) is 16.4 Å². The first-order valence-electron chi connectivity index (χ1n) is 12.2. The molecule has 0 aliphatic rings. The van der Waals surface area contributed by atoms with E-state index in [0.717, 1.165) is 50.1 Å². The summed E-state index contributed by atoms with van der Waals surface area (Å²) in [4.78, 5) is 23.2. The van der Waals surface area contributed by atoms with Crippen LogP contribution >= 0.6 is 0 Å². The highest BCUT2D eigenvalue weighted by Gasteiger charge is 2.16. The summed E-state index contributed by atoms with van der Waals surface area (Å²) in [6.07, 6.45) is 0. The van der Waals surface area contributed by atoms with Crippen molar-refractivity contribution in [2.45, 2.75) is 0 Å². The second-order valence-electron chi connectivity index (χ2n) is 9.07. The van der Waals surface area contributed by atoms with E-state index in [2.05, 4.69) is 35.3 Å². The smallest absolute Gasteiger partial charge is 0.277 e. The molecule has 0 amide bonds. The maximum atomic E-state index is 13.5. The van der Waals surface area contributed by atoms with E-state index >= 15 is 0 Å². The molecule has 0 bridgehead atoms. The average molecular weight is 476 g/mol. The van der Waals surface area contributed by atoms with Crippen molar-refractivity contribution in [3.8, 4) is 33.6 Å². The van der Waals surface area contributed by atoms with Crippen LogP contribution in [-0.2, 0) is 0 Å². The van der Waals surface area contributed by atoms with Crippen LogP contribution in [0.2, 0.25) is 0 Å². The Kier molecular flexibility index (Phi) is 4.90. The van der Waals surface area contributed by atoms with Gasteiger partial charge in [-0.15, -0.1) is 0 Å². The molecule has 4 heteroatoms. The van der Waals surface area contributed by atoms with Gasteiger partial charge in [-0.2, -0.15) is 4.98 Å². The van der Waals surface area contributed by atoms with Gasteiger partial charge in [0.1, 0.15) is 5.82 Å². The molecular weight excluding hydrogens is 454 g/mol. The number of hydrogen-bond donors (Lipinski definition) is 0. The largest absolute Gasteiger partial charge is 0.281 e. The minimum absolute atomic E-state index is 0.246. The van der Waals surface area contributed by atoms with E-state index in [9.17, 15) is 4.79 Å². The lowest BCUT2D eigenvalue weighted by Crippen LogP contribution is -2.13. The zero-order valence-electron chi connectivity index (χ0n) is 19.9. The Bertz CT molecular complexity index is 1980. The van der Waals surface area contributed by atoms with E-state index in [4.69, 9.17) is 4.98 Å². The molecule has 7 rings (SSSR count). The first-order chi connectivity index (χ1) is 18.3. The van der Waals surface area contributed by atoms with E-state index in [-0.39, 0.29) is 5.56 Å². The molecule has 2 aromatic heterocycles. The zero-order chi connectivity index (χ0) is 24.8. The van der Waals surface area contributed by atoms with Crippen LogP contribution in [0.4, 0.5) is 0 Å². The van der Waals surface area contributed by atoms with Crippen LogP contribution in [0.25, 0.3) is 61.1 Å². The molecule has 37 heavy (non-hydrogen) atoms. The maximum Gasteiger partial charge on any atom is 0.281 e. The summed E-state index contributed by atoms with van der Waals surface area (Å²) in [5.41, 5.74) is 7.09. The number of aromatic nitrogens is 3. The van der Waals surface area contributed by atoms with Crippen LogP contribution < -0.4 is 5.56 Å². The van der Waals surface area contributed by atoms with Gasteiger partial charge in [-0.1, -0.05) is 103 Å². The van der Waals surface area contributed by atoms with Crippen LogP contribution in [0.1, 0.15) is 0 Å². The van der Waals surface area contributed by atoms with E-state index in [1.165, 1.54) is 0 Å². The van der Waals surface area contributed by atoms with Crippen molar-refractivity contribution < 1.29 is 0 Å². The van der Waals surface area contributed by atoms with E-state index in [0.29, 0.717) is 11.0 Å². The fourth-order valence-electron chi connectivity index (χ4n) is 5.00. The third-order valence-electron chi connectivity index (χ3n) is 6.81. The molecule has 174 valence electrons. The molecule has 0 unspecified atom stereocenters. The highest BCUT2D eigenvalue weighted by atomic mass is 16.1. The molecule has 2 heterocycles.